The van der Waals surface area contributed by atoms with Crippen molar-refractivity contribution in [1.82, 2.24) is 19.8 Å². The predicted molar refractivity (Wildman–Crippen MR) is 121 cm³/mol. The van der Waals surface area contributed by atoms with Gasteiger partial charge in [0.25, 0.3) is 0 Å². The zero-order chi connectivity index (χ0) is 21.6. The Labute approximate surface area is 179 Å². The Kier molecular flexibility index (Phi) is 7.98. The standard InChI is InChI=1S/C21H30N4O2S2/c1-6-12-24-19(14-25(17(4)5)20(28)23-16(2)3)13-22-21(24)29(26,27)15-18-10-8-7-9-11-18/h6-11,13,16-17H,1,12,14-15H2,2-5H3,(H,23,28). The minimum Gasteiger partial charge on any atom is -0.360 e. The topological polar surface area (TPSA) is 67.2 Å². The largest absolute Gasteiger partial charge is 0.360 e. The number of hydrogen-bond acceptors (Lipinski definition) is 4. The number of imidazole rings is 1. The molecule has 0 unspecified atom stereocenters. The summed E-state index contributed by atoms with van der Waals surface area (Å²) in [6.45, 7) is 12.7. The fraction of sp³-hybridized carbons (Fsp3) is 0.429. The first-order valence-corrected chi connectivity index (χ1v) is 11.7. The number of aromatic nitrogens is 2. The number of benzene rings is 1. The lowest BCUT2D eigenvalue weighted by molar-refractivity contribution is 0.325. The third-order valence-corrected chi connectivity index (χ3v) is 6.27. The molecule has 0 aliphatic heterocycles. The molecule has 0 saturated heterocycles. The highest BCUT2D eigenvalue weighted by Gasteiger charge is 2.25. The van der Waals surface area contributed by atoms with Gasteiger partial charge in [0.1, 0.15) is 0 Å². The first-order chi connectivity index (χ1) is 13.7. The molecule has 2 rings (SSSR count). The van der Waals surface area contributed by atoms with Crippen LogP contribution in [-0.4, -0.2) is 40.1 Å². The van der Waals surface area contributed by atoms with E-state index in [1.165, 1.54) is 0 Å². The molecule has 2 aromatic rings. The van der Waals surface area contributed by atoms with Crippen LogP contribution in [0.25, 0.3) is 0 Å². The number of sulfone groups is 1. The quantitative estimate of drug-likeness (QED) is 0.481. The smallest absolute Gasteiger partial charge is 0.228 e. The molecule has 29 heavy (non-hydrogen) atoms. The lowest BCUT2D eigenvalue weighted by Gasteiger charge is -2.31. The second-order valence-electron chi connectivity index (χ2n) is 7.50. The van der Waals surface area contributed by atoms with E-state index in [-0.39, 0.29) is 23.0 Å². The van der Waals surface area contributed by atoms with Gasteiger partial charge in [-0.15, -0.1) is 6.58 Å². The molecule has 1 aromatic carbocycles. The molecule has 0 atom stereocenters. The van der Waals surface area contributed by atoms with Gasteiger partial charge in [-0.2, -0.15) is 0 Å². The lowest BCUT2D eigenvalue weighted by atomic mass is 10.2. The van der Waals surface area contributed by atoms with Crippen LogP contribution in [0.5, 0.6) is 0 Å². The Morgan fingerprint density at radius 2 is 1.93 bits per heavy atom. The van der Waals surface area contributed by atoms with Crippen molar-refractivity contribution in [2.24, 2.45) is 0 Å². The predicted octanol–water partition coefficient (Wildman–Crippen LogP) is 3.54. The zero-order valence-electron chi connectivity index (χ0n) is 17.5. The molecule has 8 heteroatoms. The molecule has 0 saturated carbocycles. The van der Waals surface area contributed by atoms with Gasteiger partial charge >= 0.3 is 0 Å². The third kappa shape index (κ3) is 6.14. The maximum atomic E-state index is 13.0. The van der Waals surface area contributed by atoms with Crippen molar-refractivity contribution in [3.05, 3.63) is 60.4 Å². The van der Waals surface area contributed by atoms with E-state index in [1.54, 1.807) is 29.0 Å². The number of nitrogens with one attached hydrogen (secondary N) is 1. The van der Waals surface area contributed by atoms with E-state index in [1.807, 2.05) is 36.9 Å². The summed E-state index contributed by atoms with van der Waals surface area (Å²) in [5, 5.41) is 3.95. The summed E-state index contributed by atoms with van der Waals surface area (Å²) < 4.78 is 27.8. The fourth-order valence-corrected chi connectivity index (χ4v) is 4.95. The zero-order valence-corrected chi connectivity index (χ0v) is 19.1. The molecule has 1 heterocycles. The summed E-state index contributed by atoms with van der Waals surface area (Å²) in [4.78, 5) is 6.30. The number of rotatable bonds is 9. The number of hydrogen-bond donors (Lipinski definition) is 1. The average molecular weight is 435 g/mol. The monoisotopic (exact) mass is 434 g/mol. The summed E-state index contributed by atoms with van der Waals surface area (Å²) in [6, 6.07) is 9.48. The highest BCUT2D eigenvalue weighted by molar-refractivity contribution is 7.90. The van der Waals surface area contributed by atoms with Gasteiger partial charge in [-0.1, -0.05) is 36.4 Å². The van der Waals surface area contributed by atoms with E-state index in [4.69, 9.17) is 12.2 Å². The van der Waals surface area contributed by atoms with E-state index in [0.717, 1.165) is 11.3 Å². The molecule has 158 valence electrons. The second kappa shape index (κ2) is 10.0. The Hall–Kier alpha value is -2.19. The molecule has 0 aliphatic carbocycles. The fourth-order valence-electron chi connectivity index (χ4n) is 2.94. The van der Waals surface area contributed by atoms with Crippen molar-refractivity contribution in [2.75, 3.05) is 0 Å². The van der Waals surface area contributed by atoms with E-state index >= 15 is 0 Å². The van der Waals surface area contributed by atoms with Crippen LogP contribution < -0.4 is 5.32 Å². The molecular formula is C21H30N4O2S2. The summed E-state index contributed by atoms with van der Waals surface area (Å²) in [5.41, 5.74) is 1.51. The van der Waals surface area contributed by atoms with Crippen molar-refractivity contribution in [3.8, 4) is 0 Å². The van der Waals surface area contributed by atoms with Crippen LogP contribution in [0.3, 0.4) is 0 Å². The Morgan fingerprint density at radius 3 is 2.48 bits per heavy atom. The maximum absolute atomic E-state index is 13.0. The summed E-state index contributed by atoms with van der Waals surface area (Å²) in [6.07, 6.45) is 3.30. The van der Waals surface area contributed by atoms with Gasteiger partial charge in [-0.05, 0) is 45.5 Å². The third-order valence-electron chi connectivity index (χ3n) is 4.32. The summed E-state index contributed by atoms with van der Waals surface area (Å²) in [5.74, 6) is -0.0946. The molecule has 1 N–H and O–H groups in total. The van der Waals surface area contributed by atoms with E-state index in [9.17, 15) is 8.42 Å². The average Bonchev–Trinajstić information content (AvgIpc) is 3.03. The van der Waals surface area contributed by atoms with Crippen LogP contribution in [0.1, 0.15) is 39.0 Å². The van der Waals surface area contributed by atoms with Crippen molar-refractivity contribution in [1.29, 1.82) is 0 Å². The van der Waals surface area contributed by atoms with Crippen LogP contribution in [0.4, 0.5) is 0 Å². The van der Waals surface area contributed by atoms with Gasteiger partial charge < -0.3 is 14.8 Å². The van der Waals surface area contributed by atoms with E-state index < -0.39 is 9.84 Å². The highest BCUT2D eigenvalue weighted by atomic mass is 32.2. The van der Waals surface area contributed by atoms with Gasteiger partial charge in [0.15, 0.2) is 5.11 Å². The normalized spacial score (nSPS) is 11.7. The minimum atomic E-state index is -3.60. The Balaban J connectivity index is 2.36. The number of nitrogens with zero attached hydrogens (tertiary/aromatic N) is 3. The van der Waals surface area contributed by atoms with E-state index in [2.05, 4.69) is 30.7 Å². The summed E-state index contributed by atoms with van der Waals surface area (Å²) >= 11 is 5.55. The molecule has 0 spiro atoms. The molecule has 0 bridgehead atoms. The van der Waals surface area contributed by atoms with Gasteiger partial charge in [0.05, 0.1) is 24.2 Å². The van der Waals surface area contributed by atoms with Crippen LogP contribution in [0.2, 0.25) is 0 Å². The number of thiocarbonyl (C=S) groups is 1. The first-order valence-electron chi connectivity index (χ1n) is 9.64. The Morgan fingerprint density at radius 1 is 1.28 bits per heavy atom. The highest BCUT2D eigenvalue weighted by Crippen LogP contribution is 2.19. The van der Waals surface area contributed by atoms with Crippen molar-refractivity contribution >= 4 is 27.2 Å². The molecule has 0 amide bonds. The van der Waals surface area contributed by atoms with Crippen LogP contribution in [0.15, 0.2) is 54.3 Å². The van der Waals surface area contributed by atoms with Crippen molar-refractivity contribution in [2.45, 2.75) is 63.8 Å². The SMILES string of the molecule is C=CCn1c(CN(C(=S)NC(C)C)C(C)C)cnc1S(=O)(=O)Cc1ccccc1. The minimum absolute atomic E-state index is 0.0581. The number of allylic oxidation sites excluding steroid dienone is 1. The molecule has 0 radical (unpaired) electrons. The van der Waals surface area contributed by atoms with Crippen LogP contribution >= 0.6 is 12.2 Å². The van der Waals surface area contributed by atoms with Gasteiger partial charge in [0.2, 0.25) is 15.0 Å². The molecule has 0 fully saturated rings. The summed E-state index contributed by atoms with van der Waals surface area (Å²) in [7, 11) is -3.60. The van der Waals surface area contributed by atoms with Gasteiger partial charge in [0, 0.05) is 18.6 Å². The van der Waals surface area contributed by atoms with Gasteiger partial charge in [-0.25, -0.2) is 13.4 Å². The van der Waals surface area contributed by atoms with Gasteiger partial charge in [-0.3, -0.25) is 0 Å². The van der Waals surface area contributed by atoms with Crippen LogP contribution in [-0.2, 0) is 28.7 Å². The van der Waals surface area contributed by atoms with Crippen molar-refractivity contribution < 1.29 is 8.42 Å². The van der Waals surface area contributed by atoms with E-state index in [0.29, 0.717) is 18.2 Å². The lowest BCUT2D eigenvalue weighted by Crippen LogP contribution is -2.45. The molecule has 6 nitrogen and oxygen atoms in total. The maximum Gasteiger partial charge on any atom is 0.228 e. The molecular weight excluding hydrogens is 404 g/mol. The second-order valence-corrected chi connectivity index (χ2v) is 9.77. The van der Waals surface area contributed by atoms with Crippen molar-refractivity contribution in [3.63, 3.8) is 0 Å². The Bertz CT molecular complexity index is 935. The molecule has 1 aromatic heterocycles. The first kappa shape index (κ1) is 23.1. The van der Waals surface area contributed by atoms with Crippen LogP contribution in [0, 0.1) is 0 Å². The molecule has 0 aliphatic rings.